The van der Waals surface area contributed by atoms with Gasteiger partial charge in [-0.25, -0.2) is 14.8 Å². The smallest absolute Gasteiger partial charge is 0.376 e. The molecule has 5 nitrogen and oxygen atoms in total. The molecule has 0 amide bonds. The van der Waals surface area contributed by atoms with Crippen LogP contribution in [0, 0.1) is 0 Å². The first-order valence-electron chi connectivity index (χ1n) is 6.67. The van der Waals surface area contributed by atoms with E-state index in [4.69, 9.17) is 16.3 Å². The minimum Gasteiger partial charge on any atom is -0.460 e. The summed E-state index contributed by atoms with van der Waals surface area (Å²) in [7, 11) is 0. The maximum absolute atomic E-state index is 11.6. The fraction of sp³-hybridized carbons (Fsp3) is 0.615. The molecule has 0 aromatic carbocycles. The van der Waals surface area contributed by atoms with E-state index in [0.717, 1.165) is 12.8 Å². The van der Waals surface area contributed by atoms with Crippen molar-refractivity contribution in [3.63, 3.8) is 0 Å². The van der Waals surface area contributed by atoms with E-state index in [-0.39, 0.29) is 11.0 Å². The average Bonchev–Trinajstić information content (AvgIpc) is 2.39. The van der Waals surface area contributed by atoms with Crippen molar-refractivity contribution in [2.45, 2.75) is 45.1 Å². The molecule has 0 spiro atoms. The fourth-order valence-corrected chi connectivity index (χ4v) is 2.42. The normalized spacial score (nSPS) is 16.1. The van der Waals surface area contributed by atoms with Gasteiger partial charge in [-0.3, -0.25) is 0 Å². The third kappa shape index (κ3) is 4.06. The summed E-state index contributed by atoms with van der Waals surface area (Å²) in [6.45, 7) is 2.03. The first kappa shape index (κ1) is 14.1. The molecule has 0 unspecified atom stereocenters. The Morgan fingerprint density at radius 3 is 2.84 bits per heavy atom. The molecular formula is C13H18ClN3O2. The third-order valence-corrected chi connectivity index (χ3v) is 3.30. The van der Waals surface area contributed by atoms with Crippen molar-refractivity contribution in [2.75, 3.05) is 11.9 Å². The highest BCUT2D eigenvalue weighted by molar-refractivity contribution is 6.29. The number of nitrogens with one attached hydrogen (secondary N) is 1. The van der Waals surface area contributed by atoms with Gasteiger partial charge in [0.2, 0.25) is 5.82 Å². The topological polar surface area (TPSA) is 64.1 Å². The van der Waals surface area contributed by atoms with Crippen molar-refractivity contribution in [1.82, 2.24) is 9.97 Å². The van der Waals surface area contributed by atoms with Gasteiger partial charge in [0.1, 0.15) is 11.0 Å². The van der Waals surface area contributed by atoms with Gasteiger partial charge in [-0.15, -0.1) is 0 Å². The Labute approximate surface area is 117 Å². The Balaban J connectivity index is 2.09. The second-order valence-electron chi connectivity index (χ2n) is 4.60. The van der Waals surface area contributed by atoms with Gasteiger partial charge in [0.15, 0.2) is 0 Å². The van der Waals surface area contributed by atoms with Crippen LogP contribution in [0.2, 0.25) is 5.15 Å². The second-order valence-corrected chi connectivity index (χ2v) is 4.99. The molecule has 1 fully saturated rings. The van der Waals surface area contributed by atoms with Gasteiger partial charge in [0.05, 0.1) is 6.61 Å². The number of hydrogen-bond acceptors (Lipinski definition) is 5. The zero-order valence-corrected chi connectivity index (χ0v) is 11.7. The first-order valence-corrected chi connectivity index (χ1v) is 7.05. The number of halogens is 1. The molecule has 2 rings (SSSR count). The van der Waals surface area contributed by atoms with Crippen molar-refractivity contribution in [1.29, 1.82) is 0 Å². The molecule has 0 bridgehead atoms. The summed E-state index contributed by atoms with van der Waals surface area (Å²) < 4.78 is 4.88. The quantitative estimate of drug-likeness (QED) is 0.680. The molecule has 1 aliphatic carbocycles. The zero-order valence-electron chi connectivity index (χ0n) is 11.0. The summed E-state index contributed by atoms with van der Waals surface area (Å²) in [5, 5.41) is 3.56. The van der Waals surface area contributed by atoms with Crippen LogP contribution in [0.3, 0.4) is 0 Å². The SMILES string of the molecule is CCOC(=O)c1nc(Cl)cc(NC2CCCCC2)n1. The van der Waals surface area contributed by atoms with E-state index in [1.807, 2.05) is 0 Å². The Bertz CT molecular complexity index is 448. The second kappa shape index (κ2) is 6.70. The minimum absolute atomic E-state index is 0.00709. The van der Waals surface area contributed by atoms with Crippen LogP contribution in [0.4, 0.5) is 5.82 Å². The van der Waals surface area contributed by atoms with Crippen molar-refractivity contribution in [3.05, 3.63) is 17.0 Å². The molecule has 1 N–H and O–H groups in total. The standard InChI is InChI=1S/C13H18ClN3O2/c1-2-19-13(18)12-16-10(14)8-11(17-12)15-9-6-4-3-5-7-9/h8-9H,2-7H2,1H3,(H,15,16,17). The van der Waals surface area contributed by atoms with E-state index in [1.54, 1.807) is 13.0 Å². The predicted molar refractivity (Wildman–Crippen MR) is 73.5 cm³/mol. The van der Waals surface area contributed by atoms with Gasteiger partial charge < -0.3 is 10.1 Å². The van der Waals surface area contributed by atoms with Crippen LogP contribution in [0.5, 0.6) is 0 Å². The lowest BCUT2D eigenvalue weighted by Crippen LogP contribution is -2.23. The number of carbonyl (C=O) groups is 1. The van der Waals surface area contributed by atoms with Gasteiger partial charge in [0, 0.05) is 12.1 Å². The van der Waals surface area contributed by atoms with Gasteiger partial charge in [-0.05, 0) is 19.8 Å². The van der Waals surface area contributed by atoms with E-state index >= 15 is 0 Å². The van der Waals surface area contributed by atoms with Gasteiger partial charge in [-0.2, -0.15) is 0 Å². The molecular weight excluding hydrogens is 266 g/mol. The summed E-state index contributed by atoms with van der Waals surface area (Å²) in [4.78, 5) is 19.7. The molecule has 0 aliphatic heterocycles. The van der Waals surface area contributed by atoms with Crippen LogP contribution < -0.4 is 5.32 Å². The molecule has 0 saturated heterocycles. The third-order valence-electron chi connectivity index (χ3n) is 3.11. The first-order chi connectivity index (χ1) is 9.19. The van der Waals surface area contributed by atoms with Crippen LogP contribution in [0.25, 0.3) is 0 Å². The Morgan fingerprint density at radius 1 is 1.42 bits per heavy atom. The maximum Gasteiger partial charge on any atom is 0.376 e. The lowest BCUT2D eigenvalue weighted by molar-refractivity contribution is 0.0512. The molecule has 1 aromatic rings. The highest BCUT2D eigenvalue weighted by Gasteiger charge is 2.17. The Morgan fingerprint density at radius 2 is 2.16 bits per heavy atom. The molecule has 19 heavy (non-hydrogen) atoms. The molecule has 6 heteroatoms. The fourth-order valence-electron chi connectivity index (χ4n) is 2.23. The molecule has 0 radical (unpaired) electrons. The highest BCUT2D eigenvalue weighted by atomic mass is 35.5. The van der Waals surface area contributed by atoms with Gasteiger partial charge in [0.25, 0.3) is 0 Å². The lowest BCUT2D eigenvalue weighted by atomic mass is 9.95. The van der Waals surface area contributed by atoms with Gasteiger partial charge >= 0.3 is 5.97 Å². The summed E-state index contributed by atoms with van der Waals surface area (Å²) in [5.74, 6) is 0.0549. The number of aromatic nitrogens is 2. The molecule has 1 heterocycles. The van der Waals surface area contributed by atoms with Crippen molar-refractivity contribution in [2.24, 2.45) is 0 Å². The van der Waals surface area contributed by atoms with Crippen molar-refractivity contribution < 1.29 is 9.53 Å². The number of rotatable bonds is 4. The van der Waals surface area contributed by atoms with E-state index in [1.165, 1.54) is 19.3 Å². The number of ether oxygens (including phenoxy) is 1. The monoisotopic (exact) mass is 283 g/mol. The van der Waals surface area contributed by atoms with Crippen LogP contribution in [-0.4, -0.2) is 28.6 Å². The Hall–Kier alpha value is -1.36. The Kier molecular flexibility index (Phi) is 4.96. The summed E-state index contributed by atoms with van der Waals surface area (Å²) >= 11 is 5.91. The van der Waals surface area contributed by atoms with E-state index in [0.29, 0.717) is 18.5 Å². The number of carbonyl (C=O) groups excluding carboxylic acids is 1. The molecule has 1 aromatic heterocycles. The van der Waals surface area contributed by atoms with Crippen LogP contribution in [-0.2, 0) is 4.74 Å². The number of hydrogen-bond donors (Lipinski definition) is 1. The van der Waals surface area contributed by atoms with Crippen LogP contribution >= 0.6 is 11.6 Å². The van der Waals surface area contributed by atoms with Crippen LogP contribution in [0.1, 0.15) is 49.6 Å². The van der Waals surface area contributed by atoms with Gasteiger partial charge in [-0.1, -0.05) is 30.9 Å². The summed E-state index contributed by atoms with van der Waals surface area (Å²) in [5.41, 5.74) is 0. The zero-order chi connectivity index (χ0) is 13.7. The largest absolute Gasteiger partial charge is 0.460 e. The lowest BCUT2D eigenvalue weighted by Gasteiger charge is -2.23. The summed E-state index contributed by atoms with van der Waals surface area (Å²) in [6, 6.07) is 2.04. The van der Waals surface area contributed by atoms with E-state index in [2.05, 4.69) is 15.3 Å². The molecule has 104 valence electrons. The van der Waals surface area contributed by atoms with E-state index in [9.17, 15) is 4.79 Å². The molecule has 1 saturated carbocycles. The van der Waals surface area contributed by atoms with Crippen LogP contribution in [0.15, 0.2) is 6.07 Å². The number of anilines is 1. The summed E-state index contributed by atoms with van der Waals surface area (Å²) in [6.07, 6.45) is 5.98. The van der Waals surface area contributed by atoms with Crippen molar-refractivity contribution in [3.8, 4) is 0 Å². The highest BCUT2D eigenvalue weighted by Crippen LogP contribution is 2.22. The number of esters is 1. The average molecular weight is 284 g/mol. The van der Waals surface area contributed by atoms with Crippen molar-refractivity contribution >= 4 is 23.4 Å². The molecule has 0 atom stereocenters. The van der Waals surface area contributed by atoms with E-state index < -0.39 is 5.97 Å². The molecule has 1 aliphatic rings. The predicted octanol–water partition coefficient (Wildman–Crippen LogP) is 3.05. The minimum atomic E-state index is -0.545. The maximum atomic E-state index is 11.6. The number of nitrogens with zero attached hydrogens (tertiary/aromatic N) is 2.